The number of rotatable bonds is 6. The molecule has 0 radical (unpaired) electrons. The van der Waals surface area contributed by atoms with Gasteiger partial charge in [0.15, 0.2) is 0 Å². The van der Waals surface area contributed by atoms with Crippen LogP contribution in [0.15, 0.2) is 18.2 Å². The molecule has 0 aromatic heterocycles. The predicted molar refractivity (Wildman–Crippen MR) is 68.6 cm³/mol. The Morgan fingerprint density at radius 2 is 1.84 bits per heavy atom. The van der Waals surface area contributed by atoms with Gasteiger partial charge in [0, 0.05) is 12.6 Å². The van der Waals surface area contributed by atoms with Crippen LogP contribution in [0.4, 0.5) is 8.78 Å². The van der Waals surface area contributed by atoms with Crippen molar-refractivity contribution in [1.82, 2.24) is 0 Å². The summed E-state index contributed by atoms with van der Waals surface area (Å²) in [5.41, 5.74) is 4.74. The second-order valence-corrected chi connectivity index (χ2v) is 5.34. The fourth-order valence-electron chi connectivity index (χ4n) is 2.36. The summed E-state index contributed by atoms with van der Waals surface area (Å²) in [5, 5.41) is 9.41. The molecule has 0 aliphatic carbocycles. The SMILES string of the molecule is CC(C)CC(CN)(Cc1cc(F)cc(F)c1)C(=O)O. The number of benzene rings is 1. The van der Waals surface area contributed by atoms with E-state index < -0.39 is 23.0 Å². The average molecular weight is 271 g/mol. The first-order valence-corrected chi connectivity index (χ1v) is 6.17. The minimum atomic E-state index is -1.19. The quantitative estimate of drug-likeness (QED) is 0.836. The van der Waals surface area contributed by atoms with Crippen LogP contribution in [0.2, 0.25) is 0 Å². The molecule has 1 aromatic rings. The van der Waals surface area contributed by atoms with Crippen LogP contribution in [0.5, 0.6) is 0 Å². The molecule has 0 aliphatic heterocycles. The Morgan fingerprint density at radius 3 is 2.21 bits per heavy atom. The summed E-state index contributed by atoms with van der Waals surface area (Å²) in [6.07, 6.45) is 0.378. The van der Waals surface area contributed by atoms with E-state index >= 15 is 0 Å². The lowest BCUT2D eigenvalue weighted by Crippen LogP contribution is -2.41. The van der Waals surface area contributed by atoms with Crippen molar-refractivity contribution in [2.75, 3.05) is 6.54 Å². The molecular weight excluding hydrogens is 252 g/mol. The van der Waals surface area contributed by atoms with E-state index in [1.165, 1.54) is 0 Å². The molecule has 0 bridgehead atoms. The molecule has 106 valence electrons. The summed E-state index contributed by atoms with van der Waals surface area (Å²) in [4.78, 5) is 11.5. The minimum Gasteiger partial charge on any atom is -0.481 e. The van der Waals surface area contributed by atoms with Crippen molar-refractivity contribution in [3.63, 3.8) is 0 Å². The summed E-state index contributed by atoms with van der Waals surface area (Å²) in [6, 6.07) is 3.06. The molecule has 19 heavy (non-hydrogen) atoms. The van der Waals surface area contributed by atoms with Gasteiger partial charge in [0.05, 0.1) is 5.41 Å². The molecule has 0 heterocycles. The van der Waals surface area contributed by atoms with Gasteiger partial charge in [-0.2, -0.15) is 0 Å². The second-order valence-electron chi connectivity index (χ2n) is 5.34. The van der Waals surface area contributed by atoms with E-state index in [-0.39, 0.29) is 18.9 Å². The lowest BCUT2D eigenvalue weighted by atomic mass is 9.75. The van der Waals surface area contributed by atoms with E-state index in [0.717, 1.165) is 18.2 Å². The van der Waals surface area contributed by atoms with Gasteiger partial charge in [0.25, 0.3) is 0 Å². The summed E-state index contributed by atoms with van der Waals surface area (Å²) in [7, 11) is 0. The lowest BCUT2D eigenvalue weighted by Gasteiger charge is -2.29. The zero-order valence-electron chi connectivity index (χ0n) is 11.1. The Bertz CT molecular complexity index is 443. The van der Waals surface area contributed by atoms with E-state index in [2.05, 4.69) is 0 Å². The molecule has 0 saturated heterocycles. The molecule has 3 nitrogen and oxygen atoms in total. The van der Waals surface area contributed by atoms with Crippen molar-refractivity contribution in [2.24, 2.45) is 17.1 Å². The number of hydrogen-bond donors (Lipinski definition) is 2. The van der Waals surface area contributed by atoms with Crippen LogP contribution in [0, 0.1) is 23.0 Å². The number of carboxylic acid groups (broad SMARTS) is 1. The van der Waals surface area contributed by atoms with Crippen molar-refractivity contribution in [2.45, 2.75) is 26.7 Å². The predicted octanol–water partition coefficient (Wildman–Crippen LogP) is 2.58. The molecule has 1 aromatic carbocycles. The highest BCUT2D eigenvalue weighted by Crippen LogP contribution is 2.31. The van der Waals surface area contributed by atoms with Gasteiger partial charge in [-0.15, -0.1) is 0 Å². The summed E-state index contributed by atoms with van der Waals surface area (Å²) in [6.45, 7) is 3.71. The van der Waals surface area contributed by atoms with Crippen LogP contribution in [0.25, 0.3) is 0 Å². The van der Waals surface area contributed by atoms with Crippen molar-refractivity contribution < 1.29 is 18.7 Å². The fraction of sp³-hybridized carbons (Fsp3) is 0.500. The molecule has 0 aliphatic rings. The van der Waals surface area contributed by atoms with Crippen molar-refractivity contribution in [3.8, 4) is 0 Å². The molecule has 0 saturated carbocycles. The first-order chi connectivity index (χ1) is 8.79. The zero-order valence-corrected chi connectivity index (χ0v) is 11.1. The van der Waals surface area contributed by atoms with Crippen LogP contribution in [0.3, 0.4) is 0 Å². The van der Waals surface area contributed by atoms with Gasteiger partial charge in [0.1, 0.15) is 11.6 Å². The van der Waals surface area contributed by atoms with Gasteiger partial charge in [-0.1, -0.05) is 13.8 Å². The number of carboxylic acids is 1. The monoisotopic (exact) mass is 271 g/mol. The summed E-state index contributed by atoms with van der Waals surface area (Å²) < 4.78 is 26.3. The Kier molecular flexibility index (Phi) is 5.00. The molecule has 5 heteroatoms. The standard InChI is InChI=1S/C14H19F2NO2/c1-9(2)6-14(8-17,13(18)19)7-10-3-11(15)5-12(16)4-10/h3-5,9H,6-8,17H2,1-2H3,(H,18,19). The zero-order chi connectivity index (χ0) is 14.6. The fourth-order valence-corrected chi connectivity index (χ4v) is 2.36. The average Bonchev–Trinajstić information content (AvgIpc) is 2.25. The van der Waals surface area contributed by atoms with Gasteiger partial charge in [0.2, 0.25) is 0 Å². The van der Waals surface area contributed by atoms with Crippen LogP contribution >= 0.6 is 0 Å². The minimum absolute atomic E-state index is 0.0195. The number of hydrogen-bond acceptors (Lipinski definition) is 2. The second kappa shape index (κ2) is 6.10. The van der Waals surface area contributed by atoms with E-state index in [1.54, 1.807) is 0 Å². The van der Waals surface area contributed by atoms with Gasteiger partial charge in [-0.05, 0) is 36.5 Å². The third kappa shape index (κ3) is 3.99. The molecule has 1 atom stereocenters. The maximum absolute atomic E-state index is 13.2. The smallest absolute Gasteiger partial charge is 0.311 e. The van der Waals surface area contributed by atoms with Crippen molar-refractivity contribution in [3.05, 3.63) is 35.4 Å². The topological polar surface area (TPSA) is 63.3 Å². The van der Waals surface area contributed by atoms with Crippen LogP contribution < -0.4 is 5.73 Å². The van der Waals surface area contributed by atoms with Crippen LogP contribution in [-0.2, 0) is 11.2 Å². The maximum atomic E-state index is 13.2. The first kappa shape index (κ1) is 15.6. The van der Waals surface area contributed by atoms with Crippen LogP contribution in [-0.4, -0.2) is 17.6 Å². The third-order valence-corrected chi connectivity index (χ3v) is 3.11. The Morgan fingerprint density at radius 1 is 1.32 bits per heavy atom. The summed E-state index contributed by atoms with van der Waals surface area (Å²) >= 11 is 0. The van der Waals surface area contributed by atoms with Gasteiger partial charge >= 0.3 is 5.97 Å². The Labute approximate surface area is 111 Å². The maximum Gasteiger partial charge on any atom is 0.311 e. The number of nitrogens with two attached hydrogens (primary N) is 1. The molecule has 0 amide bonds. The molecule has 1 unspecified atom stereocenters. The Balaban J connectivity index is 3.09. The third-order valence-electron chi connectivity index (χ3n) is 3.11. The largest absolute Gasteiger partial charge is 0.481 e. The van der Waals surface area contributed by atoms with Gasteiger partial charge in [-0.25, -0.2) is 8.78 Å². The summed E-state index contributed by atoms with van der Waals surface area (Å²) in [5.74, 6) is -2.34. The van der Waals surface area contributed by atoms with Crippen molar-refractivity contribution in [1.29, 1.82) is 0 Å². The van der Waals surface area contributed by atoms with Gasteiger partial charge in [-0.3, -0.25) is 4.79 Å². The highest BCUT2D eigenvalue weighted by molar-refractivity contribution is 5.75. The Hall–Kier alpha value is -1.49. The lowest BCUT2D eigenvalue weighted by molar-refractivity contribution is -0.149. The first-order valence-electron chi connectivity index (χ1n) is 6.17. The van der Waals surface area contributed by atoms with E-state index in [9.17, 15) is 18.7 Å². The molecular formula is C14H19F2NO2. The molecule has 3 N–H and O–H groups in total. The number of carbonyl (C=O) groups is 1. The van der Waals surface area contributed by atoms with Crippen molar-refractivity contribution >= 4 is 5.97 Å². The normalized spacial score (nSPS) is 14.4. The molecule has 0 fully saturated rings. The van der Waals surface area contributed by atoms with E-state index in [0.29, 0.717) is 12.0 Å². The highest BCUT2D eigenvalue weighted by atomic mass is 19.1. The number of halogens is 2. The highest BCUT2D eigenvalue weighted by Gasteiger charge is 2.38. The van der Waals surface area contributed by atoms with Gasteiger partial charge < -0.3 is 10.8 Å². The molecule has 1 rings (SSSR count). The number of aliphatic carboxylic acids is 1. The van der Waals surface area contributed by atoms with E-state index in [1.807, 2.05) is 13.8 Å². The molecule has 0 spiro atoms. The van der Waals surface area contributed by atoms with E-state index in [4.69, 9.17) is 5.73 Å². The van der Waals surface area contributed by atoms with Crippen LogP contribution in [0.1, 0.15) is 25.8 Å².